The average molecular weight is 404 g/mol. The Bertz CT molecular complexity index is 817. The van der Waals surface area contributed by atoms with E-state index in [9.17, 15) is 9.18 Å². The minimum absolute atomic E-state index is 0.0550. The van der Waals surface area contributed by atoms with E-state index in [2.05, 4.69) is 4.90 Å². The molecule has 1 amide bonds. The first-order chi connectivity index (χ1) is 13.6. The number of aromatic nitrogens is 1. The molecule has 1 saturated carbocycles. The Kier molecular flexibility index (Phi) is 6.04. The van der Waals surface area contributed by atoms with Crippen molar-refractivity contribution in [1.29, 1.82) is 0 Å². The predicted octanol–water partition coefficient (Wildman–Crippen LogP) is 3.98. The van der Waals surface area contributed by atoms with Crippen molar-refractivity contribution in [3.8, 4) is 0 Å². The number of benzene rings is 1. The highest BCUT2D eigenvalue weighted by molar-refractivity contribution is 7.14. The zero-order chi connectivity index (χ0) is 19.5. The van der Waals surface area contributed by atoms with Crippen molar-refractivity contribution in [1.82, 2.24) is 9.88 Å². The fourth-order valence-electron chi connectivity index (χ4n) is 3.74. The number of thiazole rings is 1. The molecule has 0 spiro atoms. The number of anilines is 1. The molecule has 1 aromatic heterocycles. The Labute approximate surface area is 169 Å². The molecule has 1 aliphatic carbocycles. The molecule has 0 bridgehead atoms. The van der Waals surface area contributed by atoms with Crippen LogP contribution in [0.5, 0.6) is 0 Å². The monoisotopic (exact) mass is 403 g/mol. The maximum atomic E-state index is 13.6. The zero-order valence-electron chi connectivity index (χ0n) is 16.1. The smallest absolute Gasteiger partial charge is 0.225 e. The highest BCUT2D eigenvalue weighted by Crippen LogP contribution is 2.34. The second-order valence-corrected chi connectivity index (χ2v) is 8.51. The number of carbonyl (C=O) groups is 1. The highest BCUT2D eigenvalue weighted by Gasteiger charge is 2.33. The van der Waals surface area contributed by atoms with Crippen LogP contribution in [0.25, 0.3) is 0 Å². The lowest BCUT2D eigenvalue weighted by Gasteiger charge is -2.24. The van der Waals surface area contributed by atoms with Crippen LogP contribution in [0.3, 0.4) is 0 Å². The molecular weight excluding hydrogens is 377 g/mol. The third-order valence-corrected chi connectivity index (χ3v) is 6.05. The van der Waals surface area contributed by atoms with Gasteiger partial charge in [0.15, 0.2) is 5.13 Å². The van der Waals surface area contributed by atoms with Gasteiger partial charge in [-0.2, -0.15) is 0 Å². The summed E-state index contributed by atoms with van der Waals surface area (Å²) in [6, 6.07) is 7.06. The van der Waals surface area contributed by atoms with Gasteiger partial charge in [0.2, 0.25) is 5.91 Å². The summed E-state index contributed by atoms with van der Waals surface area (Å²) in [6.45, 7) is 4.51. The second kappa shape index (κ2) is 8.68. The van der Waals surface area contributed by atoms with Crippen molar-refractivity contribution < 1.29 is 13.9 Å². The van der Waals surface area contributed by atoms with E-state index in [0.29, 0.717) is 19.1 Å². The van der Waals surface area contributed by atoms with Crippen molar-refractivity contribution in [2.75, 3.05) is 18.1 Å². The molecule has 2 fully saturated rings. The van der Waals surface area contributed by atoms with Gasteiger partial charge in [0.1, 0.15) is 5.82 Å². The summed E-state index contributed by atoms with van der Waals surface area (Å²) in [4.78, 5) is 20.8. The summed E-state index contributed by atoms with van der Waals surface area (Å²) in [7, 11) is 0. The van der Waals surface area contributed by atoms with Crippen LogP contribution in [0.1, 0.15) is 43.9 Å². The Balaban J connectivity index is 1.47. The lowest BCUT2D eigenvalue weighted by atomic mass is 10.1. The largest absolute Gasteiger partial charge is 0.377 e. The molecule has 1 aromatic carbocycles. The van der Waals surface area contributed by atoms with Gasteiger partial charge in [0, 0.05) is 44.6 Å². The number of hydrogen-bond donors (Lipinski definition) is 0. The lowest BCUT2D eigenvalue weighted by molar-refractivity contribution is -0.116. The van der Waals surface area contributed by atoms with Gasteiger partial charge >= 0.3 is 0 Å². The summed E-state index contributed by atoms with van der Waals surface area (Å²) in [6.07, 6.45) is 4.47. The van der Waals surface area contributed by atoms with Gasteiger partial charge < -0.3 is 4.74 Å². The molecule has 4 rings (SSSR count). The maximum absolute atomic E-state index is 13.6. The van der Waals surface area contributed by atoms with Crippen LogP contribution < -0.4 is 4.90 Å². The fourth-order valence-corrected chi connectivity index (χ4v) is 4.67. The van der Waals surface area contributed by atoms with Crippen LogP contribution in [0, 0.1) is 5.82 Å². The van der Waals surface area contributed by atoms with Gasteiger partial charge in [0.25, 0.3) is 0 Å². The van der Waals surface area contributed by atoms with Gasteiger partial charge in [-0.25, -0.2) is 9.37 Å². The lowest BCUT2D eigenvalue weighted by Crippen LogP contribution is -2.32. The third-order valence-electron chi connectivity index (χ3n) is 5.16. The van der Waals surface area contributed by atoms with E-state index in [4.69, 9.17) is 9.72 Å². The number of rotatable bonds is 8. The molecule has 7 heteroatoms. The third kappa shape index (κ3) is 4.96. The number of halogens is 1. The molecule has 1 saturated heterocycles. The van der Waals surface area contributed by atoms with Crippen molar-refractivity contribution in [3.05, 3.63) is 46.7 Å². The van der Waals surface area contributed by atoms with Crippen molar-refractivity contribution in [2.24, 2.45) is 0 Å². The second-order valence-electron chi connectivity index (χ2n) is 7.68. The number of nitrogens with zero attached hydrogens (tertiary/aromatic N) is 3. The first-order valence-electron chi connectivity index (χ1n) is 9.91. The molecule has 0 N–H and O–H groups in total. The minimum Gasteiger partial charge on any atom is -0.377 e. The molecule has 2 heterocycles. The summed E-state index contributed by atoms with van der Waals surface area (Å²) >= 11 is 1.52. The SMILES string of the molecule is CC(=O)N(c1nc(CN(Cc2cccc(F)c2)CC2CCCO2)cs1)C1CC1. The molecule has 150 valence electrons. The molecular formula is C21H26FN3O2S. The van der Waals surface area contributed by atoms with Crippen molar-refractivity contribution in [2.45, 2.75) is 57.8 Å². The Morgan fingerprint density at radius 2 is 2.18 bits per heavy atom. The van der Waals surface area contributed by atoms with Crippen LogP contribution in [0.15, 0.2) is 29.6 Å². The molecule has 1 unspecified atom stereocenters. The number of hydrogen-bond acceptors (Lipinski definition) is 5. The number of carbonyl (C=O) groups excluding carboxylic acids is 1. The van der Waals surface area contributed by atoms with E-state index in [1.54, 1.807) is 19.1 Å². The molecule has 1 aliphatic heterocycles. The number of amides is 1. The van der Waals surface area contributed by atoms with Gasteiger partial charge in [-0.3, -0.25) is 14.6 Å². The van der Waals surface area contributed by atoms with Crippen LogP contribution in [0.4, 0.5) is 9.52 Å². The van der Waals surface area contributed by atoms with Gasteiger partial charge in [-0.15, -0.1) is 11.3 Å². The predicted molar refractivity (Wildman–Crippen MR) is 108 cm³/mol. The topological polar surface area (TPSA) is 45.7 Å². The molecule has 2 aliphatic rings. The minimum atomic E-state index is -0.216. The summed E-state index contributed by atoms with van der Waals surface area (Å²) < 4.78 is 19.4. The fraction of sp³-hybridized carbons (Fsp3) is 0.524. The van der Waals surface area contributed by atoms with E-state index in [1.165, 1.54) is 17.4 Å². The van der Waals surface area contributed by atoms with E-state index in [0.717, 1.165) is 55.2 Å². The maximum Gasteiger partial charge on any atom is 0.225 e. The van der Waals surface area contributed by atoms with Crippen molar-refractivity contribution in [3.63, 3.8) is 0 Å². The van der Waals surface area contributed by atoms with E-state index in [1.807, 2.05) is 16.3 Å². The highest BCUT2D eigenvalue weighted by atomic mass is 32.1. The van der Waals surface area contributed by atoms with E-state index >= 15 is 0 Å². The summed E-state index contributed by atoms with van der Waals surface area (Å²) in [5, 5.41) is 2.81. The van der Waals surface area contributed by atoms with E-state index < -0.39 is 0 Å². The molecule has 28 heavy (non-hydrogen) atoms. The van der Waals surface area contributed by atoms with Gasteiger partial charge in [-0.1, -0.05) is 12.1 Å². The first kappa shape index (κ1) is 19.5. The first-order valence-corrected chi connectivity index (χ1v) is 10.8. The molecule has 1 atom stereocenters. The van der Waals surface area contributed by atoms with Gasteiger partial charge in [0.05, 0.1) is 11.8 Å². The zero-order valence-corrected chi connectivity index (χ0v) is 17.0. The molecule has 5 nitrogen and oxygen atoms in total. The van der Waals surface area contributed by atoms with Gasteiger partial charge in [-0.05, 0) is 43.4 Å². The van der Waals surface area contributed by atoms with Crippen LogP contribution in [0.2, 0.25) is 0 Å². The molecule has 0 radical (unpaired) electrons. The van der Waals surface area contributed by atoms with Crippen LogP contribution >= 0.6 is 11.3 Å². The standard InChI is InChI=1S/C21H26FN3O2S/c1-15(26)25(19-7-8-19)21-23-18(14-28-21)12-24(13-20-6-3-9-27-20)11-16-4-2-5-17(22)10-16/h2,4-5,10,14,19-20H,3,6-9,11-13H2,1H3. The summed E-state index contributed by atoms with van der Waals surface area (Å²) in [5.41, 5.74) is 1.89. The quantitative estimate of drug-likeness (QED) is 0.669. The summed E-state index contributed by atoms with van der Waals surface area (Å²) in [5.74, 6) is -0.161. The van der Waals surface area contributed by atoms with Crippen molar-refractivity contribution >= 4 is 22.4 Å². The molecule has 2 aromatic rings. The Morgan fingerprint density at radius 3 is 2.86 bits per heavy atom. The Hall–Kier alpha value is -1.83. The normalized spacial score (nSPS) is 19.3. The van der Waals surface area contributed by atoms with Crippen LogP contribution in [-0.2, 0) is 22.6 Å². The van der Waals surface area contributed by atoms with E-state index in [-0.39, 0.29) is 17.8 Å². The average Bonchev–Trinajstić information content (AvgIpc) is 3.13. The Morgan fingerprint density at radius 1 is 1.32 bits per heavy atom. The number of ether oxygens (including phenoxy) is 1. The van der Waals surface area contributed by atoms with Crippen LogP contribution in [-0.4, -0.2) is 41.1 Å².